The van der Waals surface area contributed by atoms with Crippen LogP contribution in [0.1, 0.15) is 43.9 Å². The SMILES string of the molecule is C#CC1(O)C[C@H]2c3cc(OC)c(OC)cc3CCN2CC1CC(C)C. The molecule has 1 aromatic carbocycles. The van der Waals surface area contributed by atoms with E-state index in [0.717, 1.165) is 37.4 Å². The third-order valence-electron chi connectivity index (χ3n) is 5.75. The molecule has 1 aromatic rings. The van der Waals surface area contributed by atoms with Crippen LogP contribution in [0.25, 0.3) is 0 Å². The van der Waals surface area contributed by atoms with E-state index in [4.69, 9.17) is 15.9 Å². The lowest BCUT2D eigenvalue weighted by atomic mass is 9.71. The molecule has 1 saturated heterocycles. The maximum absolute atomic E-state index is 11.2. The van der Waals surface area contributed by atoms with Crippen LogP contribution in [-0.4, -0.2) is 42.9 Å². The number of hydrogen-bond acceptors (Lipinski definition) is 4. The van der Waals surface area contributed by atoms with Gasteiger partial charge < -0.3 is 14.6 Å². The molecule has 25 heavy (non-hydrogen) atoms. The quantitative estimate of drug-likeness (QED) is 0.854. The largest absolute Gasteiger partial charge is 0.493 e. The summed E-state index contributed by atoms with van der Waals surface area (Å²) >= 11 is 0. The number of hydrogen-bond donors (Lipinski definition) is 1. The second-order valence-corrected chi connectivity index (χ2v) is 7.77. The molecule has 2 heterocycles. The minimum absolute atomic E-state index is 0.121. The Labute approximate surface area is 151 Å². The van der Waals surface area contributed by atoms with Crippen molar-refractivity contribution in [2.24, 2.45) is 11.8 Å². The van der Waals surface area contributed by atoms with Gasteiger partial charge in [0.15, 0.2) is 11.5 Å². The highest BCUT2D eigenvalue weighted by Gasteiger charge is 2.46. The molecule has 1 fully saturated rings. The Bertz CT molecular complexity index is 678. The summed E-state index contributed by atoms with van der Waals surface area (Å²) in [4.78, 5) is 2.48. The number of benzene rings is 1. The zero-order valence-electron chi connectivity index (χ0n) is 15.7. The molecular formula is C21H29NO3. The van der Waals surface area contributed by atoms with Gasteiger partial charge in [0.25, 0.3) is 0 Å². The molecule has 1 N–H and O–H groups in total. The summed E-state index contributed by atoms with van der Waals surface area (Å²) in [6, 6.07) is 4.26. The molecule has 4 heteroatoms. The average molecular weight is 343 g/mol. The lowest BCUT2D eigenvalue weighted by Crippen LogP contribution is -2.54. The molecule has 0 amide bonds. The molecule has 2 unspecified atom stereocenters. The van der Waals surface area contributed by atoms with Crippen LogP contribution in [0.2, 0.25) is 0 Å². The van der Waals surface area contributed by atoms with E-state index in [0.29, 0.717) is 12.3 Å². The minimum Gasteiger partial charge on any atom is -0.493 e. The summed E-state index contributed by atoms with van der Waals surface area (Å²) in [5.41, 5.74) is 1.42. The first kappa shape index (κ1) is 18.1. The van der Waals surface area contributed by atoms with E-state index in [1.165, 1.54) is 11.1 Å². The van der Waals surface area contributed by atoms with E-state index in [-0.39, 0.29) is 12.0 Å². The first-order valence-corrected chi connectivity index (χ1v) is 9.10. The Balaban J connectivity index is 1.96. The van der Waals surface area contributed by atoms with Crippen molar-refractivity contribution in [2.75, 3.05) is 27.3 Å². The van der Waals surface area contributed by atoms with Crippen molar-refractivity contribution in [3.05, 3.63) is 23.3 Å². The third-order valence-corrected chi connectivity index (χ3v) is 5.75. The Hall–Kier alpha value is -1.70. The number of methoxy groups -OCH3 is 2. The molecule has 2 aliphatic rings. The van der Waals surface area contributed by atoms with Crippen molar-refractivity contribution in [3.8, 4) is 23.8 Å². The van der Waals surface area contributed by atoms with Crippen LogP contribution in [0.3, 0.4) is 0 Å². The molecule has 2 aliphatic heterocycles. The van der Waals surface area contributed by atoms with Crippen molar-refractivity contribution in [1.82, 2.24) is 4.90 Å². The van der Waals surface area contributed by atoms with Crippen LogP contribution in [0, 0.1) is 24.2 Å². The van der Waals surface area contributed by atoms with Gasteiger partial charge in [-0.1, -0.05) is 19.8 Å². The van der Waals surface area contributed by atoms with Gasteiger partial charge in [0.1, 0.15) is 5.60 Å². The Morgan fingerprint density at radius 2 is 2.00 bits per heavy atom. The summed E-state index contributed by atoms with van der Waals surface area (Å²) in [7, 11) is 3.32. The van der Waals surface area contributed by atoms with Crippen LogP contribution >= 0.6 is 0 Å². The predicted octanol–water partition coefficient (Wildman–Crippen LogP) is 3.03. The molecule has 0 aromatic heterocycles. The van der Waals surface area contributed by atoms with Gasteiger partial charge >= 0.3 is 0 Å². The molecule has 3 rings (SSSR count). The lowest BCUT2D eigenvalue weighted by Gasteiger charge is -2.50. The summed E-state index contributed by atoms with van der Waals surface area (Å²) < 4.78 is 10.9. The lowest BCUT2D eigenvalue weighted by molar-refractivity contribution is -0.0647. The Morgan fingerprint density at radius 1 is 1.32 bits per heavy atom. The van der Waals surface area contributed by atoms with Crippen molar-refractivity contribution in [3.63, 3.8) is 0 Å². The number of ether oxygens (including phenoxy) is 2. The molecule has 0 saturated carbocycles. The topological polar surface area (TPSA) is 41.9 Å². The first-order valence-electron chi connectivity index (χ1n) is 9.10. The van der Waals surface area contributed by atoms with E-state index in [9.17, 15) is 5.11 Å². The van der Waals surface area contributed by atoms with Gasteiger partial charge in [0.2, 0.25) is 0 Å². The van der Waals surface area contributed by atoms with E-state index < -0.39 is 5.60 Å². The summed E-state index contributed by atoms with van der Waals surface area (Å²) in [5, 5.41) is 11.2. The maximum atomic E-state index is 11.2. The van der Waals surface area contributed by atoms with Crippen LogP contribution in [0.5, 0.6) is 11.5 Å². The van der Waals surface area contributed by atoms with Gasteiger partial charge in [0.05, 0.1) is 14.2 Å². The first-order chi connectivity index (χ1) is 11.9. The highest BCUT2D eigenvalue weighted by atomic mass is 16.5. The monoisotopic (exact) mass is 343 g/mol. The molecule has 0 aliphatic carbocycles. The van der Waals surface area contributed by atoms with E-state index >= 15 is 0 Å². The number of terminal acetylenes is 1. The molecule has 0 radical (unpaired) electrons. The molecule has 136 valence electrons. The van der Waals surface area contributed by atoms with E-state index in [2.05, 4.69) is 36.8 Å². The standard InChI is InChI=1S/C21H29NO3/c1-6-21(23)12-18-17-11-20(25-5)19(24-4)10-15(17)7-8-22(18)13-16(21)9-14(2)3/h1,10-11,14,16,18,23H,7-9,12-13H2,2-5H3/t16?,18-,21?/m0/s1. The van der Waals surface area contributed by atoms with E-state index in [1.807, 2.05) is 0 Å². The number of nitrogens with zero attached hydrogens (tertiary/aromatic N) is 1. The van der Waals surface area contributed by atoms with Gasteiger partial charge in [-0.05, 0) is 42.0 Å². The zero-order valence-corrected chi connectivity index (χ0v) is 15.7. The smallest absolute Gasteiger partial charge is 0.161 e. The molecule has 4 nitrogen and oxygen atoms in total. The maximum Gasteiger partial charge on any atom is 0.161 e. The fourth-order valence-electron chi connectivity index (χ4n) is 4.45. The summed E-state index contributed by atoms with van der Waals surface area (Å²) in [5.74, 6) is 4.85. The van der Waals surface area contributed by atoms with Gasteiger partial charge in [-0.2, -0.15) is 0 Å². The normalized spacial score (nSPS) is 28.8. The van der Waals surface area contributed by atoms with Crippen molar-refractivity contribution in [1.29, 1.82) is 0 Å². The fraction of sp³-hybridized carbons (Fsp3) is 0.619. The fourth-order valence-corrected chi connectivity index (χ4v) is 4.45. The van der Waals surface area contributed by atoms with E-state index in [1.54, 1.807) is 14.2 Å². The highest BCUT2D eigenvalue weighted by Crippen LogP contribution is 2.46. The number of rotatable bonds is 4. The molecule has 0 spiro atoms. The minimum atomic E-state index is -1.05. The third kappa shape index (κ3) is 3.23. The van der Waals surface area contributed by atoms with Gasteiger partial charge in [-0.25, -0.2) is 0 Å². The Morgan fingerprint density at radius 3 is 2.60 bits per heavy atom. The number of fused-ring (bicyclic) bond motifs is 3. The zero-order chi connectivity index (χ0) is 18.2. The summed E-state index contributed by atoms with van der Waals surface area (Å²) in [6.07, 6.45) is 8.29. The van der Waals surface area contributed by atoms with Crippen LogP contribution < -0.4 is 9.47 Å². The van der Waals surface area contributed by atoms with Crippen molar-refractivity contribution in [2.45, 2.75) is 44.8 Å². The van der Waals surface area contributed by atoms with Crippen LogP contribution in [0.4, 0.5) is 0 Å². The predicted molar refractivity (Wildman–Crippen MR) is 98.9 cm³/mol. The summed E-state index contributed by atoms with van der Waals surface area (Å²) in [6.45, 7) is 6.21. The van der Waals surface area contributed by atoms with Crippen LogP contribution in [0.15, 0.2) is 12.1 Å². The van der Waals surface area contributed by atoms with Crippen LogP contribution in [-0.2, 0) is 6.42 Å². The number of piperidine rings is 1. The second-order valence-electron chi connectivity index (χ2n) is 7.77. The molecular weight excluding hydrogens is 314 g/mol. The van der Waals surface area contributed by atoms with Crippen molar-refractivity contribution >= 4 is 0 Å². The molecule has 3 atom stereocenters. The van der Waals surface area contributed by atoms with Crippen molar-refractivity contribution < 1.29 is 14.6 Å². The Kier molecular flexibility index (Phi) is 4.99. The van der Waals surface area contributed by atoms with Gasteiger partial charge in [-0.3, -0.25) is 4.90 Å². The van der Waals surface area contributed by atoms with Gasteiger partial charge in [-0.15, -0.1) is 6.42 Å². The second kappa shape index (κ2) is 6.90. The highest BCUT2D eigenvalue weighted by molar-refractivity contribution is 5.50. The molecule has 0 bridgehead atoms. The number of aliphatic hydroxyl groups is 1. The average Bonchev–Trinajstić information content (AvgIpc) is 2.60. The van der Waals surface area contributed by atoms with Gasteiger partial charge in [0, 0.05) is 31.5 Å².